The molecule has 0 bridgehead atoms. The van der Waals surface area contributed by atoms with Crippen molar-refractivity contribution in [3.8, 4) is 11.3 Å². The third-order valence-electron chi connectivity index (χ3n) is 2.57. The second kappa shape index (κ2) is 2.88. The van der Waals surface area contributed by atoms with Crippen molar-refractivity contribution in [2.75, 3.05) is 0 Å². The number of oxazole rings is 1. The van der Waals surface area contributed by atoms with Gasteiger partial charge in [-0.15, -0.1) is 0 Å². The monoisotopic (exact) mass is 213 g/mol. The minimum Gasteiger partial charge on any atom is -0.440 e. The van der Waals surface area contributed by atoms with E-state index in [0.717, 1.165) is 0 Å². The van der Waals surface area contributed by atoms with E-state index in [1.54, 1.807) is 31.2 Å². The van der Waals surface area contributed by atoms with Crippen LogP contribution in [0.25, 0.3) is 11.3 Å². The summed E-state index contributed by atoms with van der Waals surface area (Å²) in [6, 6.07) is 6.89. The lowest BCUT2D eigenvalue weighted by atomic mass is 9.91. The molecule has 0 saturated heterocycles. The topological polar surface area (TPSA) is 60.2 Å². The Balaban J connectivity index is 2.41. The van der Waals surface area contributed by atoms with Gasteiger partial charge in [-0.25, -0.2) is 4.98 Å². The number of nitrogens with zero attached hydrogens (tertiary/aromatic N) is 1. The summed E-state index contributed by atoms with van der Waals surface area (Å²) >= 11 is 0. The molecule has 0 fully saturated rings. The number of aryl methyl sites for hydroxylation is 1. The standard InChI is InChI=1S/C12H7NO3/c1-6-13-9-11(15)10(14)7-4-2-3-5-8(7)12(9)16-6/h2-5H,1H3. The van der Waals surface area contributed by atoms with Crippen molar-refractivity contribution in [3.63, 3.8) is 0 Å². The van der Waals surface area contributed by atoms with Gasteiger partial charge in [0.1, 0.15) is 0 Å². The Kier molecular flexibility index (Phi) is 1.63. The summed E-state index contributed by atoms with van der Waals surface area (Å²) in [5, 5.41) is 0. The van der Waals surface area contributed by atoms with Crippen molar-refractivity contribution in [2.45, 2.75) is 6.92 Å². The van der Waals surface area contributed by atoms with Gasteiger partial charge in [0, 0.05) is 18.1 Å². The van der Waals surface area contributed by atoms with E-state index < -0.39 is 11.6 Å². The van der Waals surface area contributed by atoms with Gasteiger partial charge < -0.3 is 4.42 Å². The number of fused-ring (bicyclic) bond motifs is 3. The largest absolute Gasteiger partial charge is 0.440 e. The molecule has 0 unspecified atom stereocenters. The summed E-state index contributed by atoms with van der Waals surface area (Å²) in [6.07, 6.45) is 0. The summed E-state index contributed by atoms with van der Waals surface area (Å²) in [5.41, 5.74) is 1.15. The van der Waals surface area contributed by atoms with Gasteiger partial charge in [0.25, 0.3) is 5.78 Å². The molecule has 0 radical (unpaired) electrons. The van der Waals surface area contributed by atoms with Crippen LogP contribution in [-0.2, 0) is 0 Å². The van der Waals surface area contributed by atoms with Crippen molar-refractivity contribution >= 4 is 11.6 Å². The molecular formula is C12H7NO3. The average molecular weight is 213 g/mol. The number of hydrogen-bond donors (Lipinski definition) is 0. The van der Waals surface area contributed by atoms with Crippen LogP contribution in [0.15, 0.2) is 28.7 Å². The molecule has 0 spiro atoms. The van der Waals surface area contributed by atoms with Crippen LogP contribution in [0.3, 0.4) is 0 Å². The molecule has 3 rings (SSSR count). The average Bonchev–Trinajstić information content (AvgIpc) is 2.68. The highest BCUT2D eigenvalue weighted by atomic mass is 16.4. The zero-order valence-corrected chi connectivity index (χ0v) is 8.48. The van der Waals surface area contributed by atoms with E-state index in [9.17, 15) is 9.59 Å². The molecule has 0 saturated carbocycles. The van der Waals surface area contributed by atoms with E-state index in [1.165, 1.54) is 0 Å². The molecule has 1 heterocycles. The predicted octanol–water partition coefficient (Wildman–Crippen LogP) is 2.03. The Morgan fingerprint density at radius 2 is 1.75 bits per heavy atom. The van der Waals surface area contributed by atoms with Gasteiger partial charge in [0.2, 0.25) is 5.78 Å². The lowest BCUT2D eigenvalue weighted by Crippen LogP contribution is -2.20. The van der Waals surface area contributed by atoms with Gasteiger partial charge in [-0.05, 0) is 0 Å². The maximum absolute atomic E-state index is 11.8. The second-order valence-corrected chi connectivity index (χ2v) is 3.61. The van der Waals surface area contributed by atoms with Gasteiger partial charge >= 0.3 is 0 Å². The molecule has 1 aromatic carbocycles. The Labute approximate surface area is 90.9 Å². The molecule has 0 aliphatic heterocycles. The number of carbonyl (C=O) groups is 2. The molecule has 78 valence electrons. The van der Waals surface area contributed by atoms with Crippen molar-refractivity contribution < 1.29 is 14.0 Å². The maximum Gasteiger partial charge on any atom is 0.255 e. The Morgan fingerprint density at radius 3 is 2.50 bits per heavy atom. The number of carbonyl (C=O) groups excluding carboxylic acids is 2. The van der Waals surface area contributed by atoms with E-state index >= 15 is 0 Å². The fourth-order valence-corrected chi connectivity index (χ4v) is 1.87. The van der Waals surface area contributed by atoms with Crippen LogP contribution < -0.4 is 0 Å². The van der Waals surface area contributed by atoms with Crippen molar-refractivity contribution in [1.29, 1.82) is 0 Å². The van der Waals surface area contributed by atoms with E-state index in [-0.39, 0.29) is 5.69 Å². The van der Waals surface area contributed by atoms with Gasteiger partial charge in [0.15, 0.2) is 17.3 Å². The minimum atomic E-state index is -0.592. The number of benzene rings is 1. The molecule has 2 aromatic rings. The fourth-order valence-electron chi connectivity index (χ4n) is 1.87. The first-order chi connectivity index (χ1) is 7.68. The Bertz CT molecular complexity index is 625. The van der Waals surface area contributed by atoms with Crippen LogP contribution in [-0.4, -0.2) is 16.6 Å². The van der Waals surface area contributed by atoms with Crippen molar-refractivity contribution in [3.05, 3.63) is 41.4 Å². The lowest BCUT2D eigenvalue weighted by molar-refractivity contribution is 0.0812. The first-order valence-electron chi connectivity index (χ1n) is 4.84. The van der Waals surface area contributed by atoms with E-state index in [2.05, 4.69) is 4.98 Å². The number of rotatable bonds is 0. The molecule has 1 aliphatic carbocycles. The molecule has 0 atom stereocenters. The summed E-state index contributed by atoms with van der Waals surface area (Å²) in [4.78, 5) is 27.4. The summed E-state index contributed by atoms with van der Waals surface area (Å²) < 4.78 is 5.37. The van der Waals surface area contributed by atoms with E-state index in [1.807, 2.05) is 0 Å². The van der Waals surface area contributed by atoms with Crippen LogP contribution >= 0.6 is 0 Å². The van der Waals surface area contributed by atoms with Crippen LogP contribution in [0.4, 0.5) is 0 Å². The molecule has 1 aliphatic rings. The van der Waals surface area contributed by atoms with Gasteiger partial charge in [-0.2, -0.15) is 0 Å². The van der Waals surface area contributed by atoms with E-state index in [0.29, 0.717) is 22.8 Å². The van der Waals surface area contributed by atoms with Crippen molar-refractivity contribution in [1.82, 2.24) is 4.98 Å². The number of Topliss-reactive ketones (excluding diaryl/α,β-unsaturated/α-hetero) is 2. The summed E-state index contributed by atoms with van der Waals surface area (Å²) in [6.45, 7) is 1.65. The Hall–Kier alpha value is -2.23. The normalized spacial score (nSPS) is 13.6. The van der Waals surface area contributed by atoms with Crippen LogP contribution in [0.1, 0.15) is 26.7 Å². The van der Waals surface area contributed by atoms with Crippen LogP contribution in [0.5, 0.6) is 0 Å². The lowest BCUT2D eigenvalue weighted by Gasteiger charge is -2.10. The van der Waals surface area contributed by atoms with Gasteiger partial charge in [-0.3, -0.25) is 9.59 Å². The molecule has 4 nitrogen and oxygen atoms in total. The highest BCUT2D eigenvalue weighted by Crippen LogP contribution is 2.33. The third kappa shape index (κ3) is 1.01. The van der Waals surface area contributed by atoms with Gasteiger partial charge in [0.05, 0.1) is 0 Å². The number of hydrogen-bond acceptors (Lipinski definition) is 4. The second-order valence-electron chi connectivity index (χ2n) is 3.61. The third-order valence-corrected chi connectivity index (χ3v) is 2.57. The zero-order valence-electron chi connectivity index (χ0n) is 8.48. The van der Waals surface area contributed by atoms with Crippen LogP contribution in [0.2, 0.25) is 0 Å². The smallest absolute Gasteiger partial charge is 0.255 e. The zero-order chi connectivity index (χ0) is 11.3. The molecular weight excluding hydrogens is 206 g/mol. The Morgan fingerprint density at radius 1 is 1.06 bits per heavy atom. The molecule has 0 amide bonds. The minimum absolute atomic E-state index is 0.126. The molecule has 4 heteroatoms. The number of aromatic nitrogens is 1. The first kappa shape index (κ1) is 9.03. The van der Waals surface area contributed by atoms with Gasteiger partial charge in [-0.1, -0.05) is 24.3 Å². The van der Waals surface area contributed by atoms with Crippen molar-refractivity contribution in [2.24, 2.45) is 0 Å². The highest BCUT2D eigenvalue weighted by molar-refractivity contribution is 6.52. The molecule has 0 N–H and O–H groups in total. The molecule has 16 heavy (non-hydrogen) atoms. The predicted molar refractivity (Wildman–Crippen MR) is 55.3 cm³/mol. The first-order valence-corrected chi connectivity index (χ1v) is 4.84. The maximum atomic E-state index is 11.8. The van der Waals surface area contributed by atoms with Crippen LogP contribution in [0, 0.1) is 6.92 Å². The quantitative estimate of drug-likeness (QED) is 0.628. The molecule has 1 aromatic heterocycles. The number of ketones is 2. The summed E-state index contributed by atoms with van der Waals surface area (Å²) in [7, 11) is 0. The highest BCUT2D eigenvalue weighted by Gasteiger charge is 2.34. The SMILES string of the molecule is Cc1nc2c(o1)-c1ccccc1C(=O)C2=O. The summed E-state index contributed by atoms with van der Waals surface area (Å²) in [5.74, 6) is -0.317. The fraction of sp³-hybridized carbons (Fsp3) is 0.0833. The van der Waals surface area contributed by atoms with E-state index in [4.69, 9.17) is 4.42 Å².